The summed E-state index contributed by atoms with van der Waals surface area (Å²) in [6, 6.07) is 22.3. The Kier molecular flexibility index (Phi) is 6.91. The van der Waals surface area contributed by atoms with Gasteiger partial charge in [0.25, 0.3) is 0 Å². The van der Waals surface area contributed by atoms with Crippen LogP contribution in [-0.4, -0.2) is 6.21 Å². The van der Waals surface area contributed by atoms with E-state index in [-0.39, 0.29) is 6.61 Å². The predicted molar refractivity (Wildman–Crippen MR) is 111 cm³/mol. The second-order valence-corrected chi connectivity index (χ2v) is 6.70. The van der Waals surface area contributed by atoms with Crippen LogP contribution in [0.1, 0.15) is 22.3 Å². The summed E-state index contributed by atoms with van der Waals surface area (Å²) in [5.74, 6) is 0.729. The summed E-state index contributed by atoms with van der Waals surface area (Å²) in [7, 11) is 0. The molecule has 28 heavy (non-hydrogen) atoms. The molecule has 0 bridgehead atoms. The maximum absolute atomic E-state index is 9.05. The number of rotatable bonds is 7. The van der Waals surface area contributed by atoms with Crippen LogP contribution in [0.3, 0.4) is 0 Å². The van der Waals surface area contributed by atoms with E-state index in [1.165, 1.54) is 0 Å². The summed E-state index contributed by atoms with van der Waals surface area (Å²) in [6.45, 7) is 0.636. The molecule has 0 aliphatic rings. The van der Waals surface area contributed by atoms with Crippen LogP contribution in [-0.2, 0) is 18.1 Å². The normalized spacial score (nSPS) is 10.6. The topological polar surface area (TPSA) is 54.6 Å². The molecular weight excluding hydrogens is 395 g/mol. The number of benzene rings is 3. The first-order chi connectivity index (χ1) is 13.7. The monoisotopic (exact) mass is 410 g/mol. The van der Waals surface area contributed by atoms with Gasteiger partial charge in [-0.15, -0.1) is 0 Å². The molecule has 0 spiro atoms. The fraction of sp³-hybridized carbons (Fsp3) is 0.0909. The lowest BCUT2D eigenvalue weighted by Gasteiger charge is -2.07. The number of hydrogen-bond acceptors (Lipinski definition) is 4. The highest BCUT2D eigenvalue weighted by Crippen LogP contribution is 2.23. The SMILES string of the molecule is N#Cc1ccccc1CO/N=C\c1ccc(OCc2ccc(Cl)c(Cl)c2)cc1. The Morgan fingerprint density at radius 2 is 1.71 bits per heavy atom. The fourth-order valence-electron chi connectivity index (χ4n) is 2.41. The lowest BCUT2D eigenvalue weighted by Crippen LogP contribution is -1.96. The Morgan fingerprint density at radius 1 is 0.929 bits per heavy atom. The Hall–Kier alpha value is -3.00. The Morgan fingerprint density at radius 3 is 2.46 bits per heavy atom. The summed E-state index contributed by atoms with van der Waals surface area (Å²) in [6.07, 6.45) is 1.61. The van der Waals surface area contributed by atoms with Gasteiger partial charge in [-0.05, 0) is 53.6 Å². The first-order valence-corrected chi connectivity index (χ1v) is 9.21. The van der Waals surface area contributed by atoms with Gasteiger partial charge in [-0.2, -0.15) is 5.26 Å². The van der Waals surface area contributed by atoms with Crippen LogP contribution >= 0.6 is 23.2 Å². The van der Waals surface area contributed by atoms with Crippen LogP contribution in [0.25, 0.3) is 0 Å². The van der Waals surface area contributed by atoms with Crippen LogP contribution in [0.15, 0.2) is 71.9 Å². The lowest BCUT2D eigenvalue weighted by atomic mass is 10.1. The summed E-state index contributed by atoms with van der Waals surface area (Å²) in [4.78, 5) is 5.29. The molecule has 0 aliphatic carbocycles. The van der Waals surface area contributed by atoms with Crippen LogP contribution in [0.5, 0.6) is 5.75 Å². The molecule has 0 N–H and O–H groups in total. The van der Waals surface area contributed by atoms with E-state index in [0.717, 1.165) is 22.4 Å². The average molecular weight is 411 g/mol. The van der Waals surface area contributed by atoms with Gasteiger partial charge < -0.3 is 9.57 Å². The second kappa shape index (κ2) is 9.80. The van der Waals surface area contributed by atoms with Crippen molar-refractivity contribution in [3.8, 4) is 11.8 Å². The van der Waals surface area contributed by atoms with E-state index >= 15 is 0 Å². The van der Waals surface area contributed by atoms with Crippen LogP contribution in [0.4, 0.5) is 0 Å². The van der Waals surface area contributed by atoms with Crippen LogP contribution in [0, 0.1) is 11.3 Å². The molecule has 6 heteroatoms. The molecular formula is C22H16Cl2N2O2. The summed E-state index contributed by atoms with van der Waals surface area (Å²) in [5.41, 5.74) is 3.19. The zero-order chi connectivity index (χ0) is 19.8. The number of ether oxygens (including phenoxy) is 1. The number of nitriles is 1. The minimum atomic E-state index is 0.241. The third-order valence-corrected chi connectivity index (χ3v) is 4.64. The fourth-order valence-corrected chi connectivity index (χ4v) is 2.73. The second-order valence-electron chi connectivity index (χ2n) is 5.88. The van der Waals surface area contributed by atoms with Crippen LogP contribution in [0.2, 0.25) is 10.0 Å². The lowest BCUT2D eigenvalue weighted by molar-refractivity contribution is 0.132. The molecule has 0 atom stereocenters. The zero-order valence-electron chi connectivity index (χ0n) is 14.8. The molecule has 0 aliphatic heterocycles. The number of oxime groups is 1. The van der Waals surface area contributed by atoms with Crippen molar-refractivity contribution >= 4 is 29.4 Å². The molecule has 0 aromatic heterocycles. The molecule has 140 valence electrons. The zero-order valence-corrected chi connectivity index (χ0v) is 16.3. The molecule has 0 saturated heterocycles. The molecule has 3 aromatic rings. The third-order valence-electron chi connectivity index (χ3n) is 3.90. The van der Waals surface area contributed by atoms with Gasteiger partial charge >= 0.3 is 0 Å². The predicted octanol–water partition coefficient (Wildman–Crippen LogP) is 5.99. The van der Waals surface area contributed by atoms with Gasteiger partial charge in [0.15, 0.2) is 0 Å². The van der Waals surface area contributed by atoms with Gasteiger partial charge in [0.1, 0.15) is 19.0 Å². The molecule has 0 radical (unpaired) electrons. The summed E-state index contributed by atoms with van der Waals surface area (Å²) < 4.78 is 5.74. The van der Waals surface area contributed by atoms with Crippen molar-refractivity contribution in [3.05, 3.63) is 99.0 Å². The average Bonchev–Trinajstić information content (AvgIpc) is 2.73. The van der Waals surface area contributed by atoms with Crippen molar-refractivity contribution in [1.29, 1.82) is 5.26 Å². The number of nitrogens with zero attached hydrogens (tertiary/aromatic N) is 2. The van der Waals surface area contributed by atoms with E-state index in [9.17, 15) is 0 Å². The van der Waals surface area contributed by atoms with Crippen molar-refractivity contribution < 1.29 is 9.57 Å². The summed E-state index contributed by atoms with van der Waals surface area (Å²) in [5, 5.41) is 14.0. The number of hydrogen-bond donors (Lipinski definition) is 0. The van der Waals surface area contributed by atoms with E-state index < -0.39 is 0 Å². The maximum atomic E-state index is 9.05. The largest absolute Gasteiger partial charge is 0.489 e. The summed E-state index contributed by atoms with van der Waals surface area (Å²) >= 11 is 11.9. The van der Waals surface area contributed by atoms with Gasteiger partial charge in [-0.3, -0.25) is 0 Å². The molecule has 0 fully saturated rings. The smallest absolute Gasteiger partial charge is 0.143 e. The molecule has 0 saturated carbocycles. The van der Waals surface area contributed by atoms with E-state index in [4.69, 9.17) is 38.0 Å². The van der Waals surface area contributed by atoms with Crippen molar-refractivity contribution in [1.82, 2.24) is 0 Å². The minimum absolute atomic E-state index is 0.241. The highest BCUT2D eigenvalue weighted by atomic mass is 35.5. The van der Waals surface area contributed by atoms with Gasteiger partial charge in [-0.25, -0.2) is 0 Å². The Bertz CT molecular complexity index is 1010. The molecule has 0 unspecified atom stereocenters. The van der Waals surface area contributed by atoms with Crippen molar-refractivity contribution in [2.75, 3.05) is 0 Å². The quantitative estimate of drug-likeness (QED) is 0.354. The molecule has 3 aromatic carbocycles. The van der Waals surface area contributed by atoms with Gasteiger partial charge in [-0.1, -0.05) is 52.6 Å². The van der Waals surface area contributed by atoms with Crippen molar-refractivity contribution in [3.63, 3.8) is 0 Å². The van der Waals surface area contributed by atoms with Crippen LogP contribution < -0.4 is 4.74 Å². The first-order valence-electron chi connectivity index (χ1n) is 8.46. The first kappa shape index (κ1) is 19.8. The van der Waals surface area contributed by atoms with Crippen molar-refractivity contribution in [2.45, 2.75) is 13.2 Å². The molecule has 0 heterocycles. The standard InChI is InChI=1S/C22H16Cl2N2O2/c23-21-10-7-17(11-22(21)24)14-27-20-8-5-16(6-9-20)13-26-28-15-19-4-2-1-3-18(19)12-25/h1-11,13H,14-15H2/b26-13-. The van der Waals surface area contributed by atoms with E-state index in [1.807, 2.05) is 48.5 Å². The van der Waals surface area contributed by atoms with E-state index in [0.29, 0.717) is 22.2 Å². The molecule has 4 nitrogen and oxygen atoms in total. The number of halogens is 2. The Labute approximate surface area is 173 Å². The molecule has 0 amide bonds. The Balaban J connectivity index is 1.50. The molecule has 3 rings (SSSR count). The maximum Gasteiger partial charge on any atom is 0.143 e. The van der Waals surface area contributed by atoms with Gasteiger partial charge in [0.2, 0.25) is 0 Å². The van der Waals surface area contributed by atoms with Gasteiger partial charge in [0, 0.05) is 5.56 Å². The van der Waals surface area contributed by atoms with Gasteiger partial charge in [0.05, 0.1) is 27.9 Å². The third kappa shape index (κ3) is 5.50. The highest BCUT2D eigenvalue weighted by molar-refractivity contribution is 6.42. The van der Waals surface area contributed by atoms with Crippen molar-refractivity contribution in [2.24, 2.45) is 5.16 Å². The van der Waals surface area contributed by atoms with E-state index in [1.54, 1.807) is 24.4 Å². The minimum Gasteiger partial charge on any atom is -0.489 e. The van der Waals surface area contributed by atoms with E-state index in [2.05, 4.69) is 11.2 Å². The highest BCUT2D eigenvalue weighted by Gasteiger charge is 2.02.